The molecule has 0 bridgehead atoms. The molecule has 17 heavy (non-hydrogen) atoms. The molecule has 1 amide bonds. The Bertz CT molecular complexity index is 574. The predicted molar refractivity (Wildman–Crippen MR) is 54.8 cm³/mol. The van der Waals surface area contributed by atoms with Crippen LogP contribution in [0.3, 0.4) is 0 Å². The van der Waals surface area contributed by atoms with Crippen molar-refractivity contribution in [3.05, 3.63) is 34.0 Å². The maximum atomic E-state index is 11.6. The van der Waals surface area contributed by atoms with Gasteiger partial charge < -0.3 is 5.32 Å². The maximum absolute atomic E-state index is 11.6. The van der Waals surface area contributed by atoms with Gasteiger partial charge in [-0.1, -0.05) is 5.21 Å². The minimum Gasteiger partial charge on any atom is -0.343 e. The fourth-order valence-corrected chi connectivity index (χ4v) is 1.13. The largest absolute Gasteiger partial charge is 0.343 e. The van der Waals surface area contributed by atoms with Crippen LogP contribution < -0.4 is 10.9 Å². The SMILES string of the molecule is Cn1nc(C(=O)NCc2nn[nH]n2)ccc1=O. The number of hydrogen-bond acceptors (Lipinski definition) is 6. The number of aryl methyl sites for hydroxylation is 1. The molecule has 2 rings (SSSR count). The van der Waals surface area contributed by atoms with Crippen molar-refractivity contribution in [3.8, 4) is 0 Å². The first-order valence-electron chi connectivity index (χ1n) is 4.71. The molecular weight excluding hydrogens is 226 g/mol. The summed E-state index contributed by atoms with van der Waals surface area (Å²) in [4.78, 5) is 22.7. The zero-order valence-corrected chi connectivity index (χ0v) is 8.91. The van der Waals surface area contributed by atoms with Crippen molar-refractivity contribution < 1.29 is 4.79 Å². The molecule has 2 heterocycles. The van der Waals surface area contributed by atoms with Crippen LogP contribution in [0.2, 0.25) is 0 Å². The molecule has 0 aliphatic carbocycles. The summed E-state index contributed by atoms with van der Waals surface area (Å²) >= 11 is 0. The van der Waals surface area contributed by atoms with Gasteiger partial charge in [-0.15, -0.1) is 10.2 Å². The second-order valence-electron chi connectivity index (χ2n) is 3.19. The molecule has 2 aromatic rings. The Labute approximate surface area is 94.8 Å². The van der Waals surface area contributed by atoms with E-state index in [2.05, 4.69) is 31.0 Å². The monoisotopic (exact) mass is 235 g/mol. The van der Waals surface area contributed by atoms with Gasteiger partial charge in [0.15, 0.2) is 5.82 Å². The van der Waals surface area contributed by atoms with E-state index in [-0.39, 0.29) is 17.8 Å². The number of aromatic nitrogens is 6. The minimum atomic E-state index is -0.412. The van der Waals surface area contributed by atoms with Crippen molar-refractivity contribution in [1.82, 2.24) is 35.7 Å². The molecule has 0 atom stereocenters. The maximum Gasteiger partial charge on any atom is 0.272 e. The van der Waals surface area contributed by atoms with Gasteiger partial charge in [0.05, 0.1) is 6.54 Å². The molecule has 2 aromatic heterocycles. The van der Waals surface area contributed by atoms with Crippen LogP contribution in [-0.4, -0.2) is 36.3 Å². The predicted octanol–water partition coefficient (Wildman–Crippen LogP) is -1.78. The highest BCUT2D eigenvalue weighted by molar-refractivity contribution is 5.91. The standard InChI is InChI=1S/C8H9N7O2/c1-15-7(16)3-2-5(12-15)8(17)9-4-6-10-13-14-11-6/h2-3H,4H2,1H3,(H,9,17)(H,10,11,13,14). The van der Waals surface area contributed by atoms with Crippen LogP contribution in [0.4, 0.5) is 0 Å². The summed E-state index contributed by atoms with van der Waals surface area (Å²) in [7, 11) is 1.47. The van der Waals surface area contributed by atoms with E-state index in [4.69, 9.17) is 0 Å². The lowest BCUT2D eigenvalue weighted by atomic mass is 10.3. The normalized spacial score (nSPS) is 10.2. The van der Waals surface area contributed by atoms with E-state index in [9.17, 15) is 9.59 Å². The summed E-state index contributed by atoms with van der Waals surface area (Å²) < 4.78 is 1.09. The van der Waals surface area contributed by atoms with Gasteiger partial charge in [0.2, 0.25) is 0 Å². The van der Waals surface area contributed by atoms with Crippen LogP contribution in [0.1, 0.15) is 16.3 Å². The van der Waals surface area contributed by atoms with Crippen LogP contribution in [0.25, 0.3) is 0 Å². The number of nitrogens with zero attached hydrogens (tertiary/aromatic N) is 5. The zero-order chi connectivity index (χ0) is 12.3. The average Bonchev–Trinajstić information content (AvgIpc) is 2.82. The molecule has 0 saturated carbocycles. The summed E-state index contributed by atoms with van der Waals surface area (Å²) in [5.41, 5.74) is -0.129. The number of H-pyrrole nitrogens is 1. The third kappa shape index (κ3) is 2.51. The van der Waals surface area contributed by atoms with E-state index in [1.807, 2.05) is 0 Å². The van der Waals surface area contributed by atoms with Crippen molar-refractivity contribution in [2.24, 2.45) is 7.05 Å². The Morgan fingerprint density at radius 3 is 3.00 bits per heavy atom. The van der Waals surface area contributed by atoms with Crippen molar-refractivity contribution in [2.75, 3.05) is 0 Å². The van der Waals surface area contributed by atoms with Gasteiger partial charge in [-0.3, -0.25) is 9.59 Å². The summed E-state index contributed by atoms with van der Waals surface area (Å²) in [6.07, 6.45) is 0. The number of nitrogens with one attached hydrogen (secondary N) is 2. The molecule has 0 aromatic carbocycles. The Kier molecular flexibility index (Phi) is 2.90. The summed E-state index contributed by atoms with van der Waals surface area (Å²) in [6, 6.07) is 2.63. The highest BCUT2D eigenvalue weighted by atomic mass is 16.2. The number of amides is 1. The van der Waals surface area contributed by atoms with Crippen molar-refractivity contribution in [3.63, 3.8) is 0 Å². The lowest BCUT2D eigenvalue weighted by molar-refractivity contribution is 0.0942. The van der Waals surface area contributed by atoms with Crippen molar-refractivity contribution in [1.29, 1.82) is 0 Å². The number of aromatic amines is 1. The molecule has 0 radical (unpaired) electrons. The molecule has 88 valence electrons. The van der Waals surface area contributed by atoms with Crippen LogP contribution in [-0.2, 0) is 13.6 Å². The molecule has 0 fully saturated rings. The minimum absolute atomic E-state index is 0.139. The van der Waals surface area contributed by atoms with Crippen molar-refractivity contribution >= 4 is 5.91 Å². The molecule has 9 nitrogen and oxygen atoms in total. The molecule has 0 saturated heterocycles. The summed E-state index contributed by atoms with van der Waals surface area (Å²) in [6.45, 7) is 0.139. The van der Waals surface area contributed by atoms with E-state index >= 15 is 0 Å². The van der Waals surface area contributed by atoms with Gasteiger partial charge >= 0.3 is 0 Å². The first kappa shape index (κ1) is 10.9. The lowest BCUT2D eigenvalue weighted by Crippen LogP contribution is -2.28. The molecule has 0 unspecified atom stereocenters. The van der Waals surface area contributed by atoms with Gasteiger partial charge in [0.1, 0.15) is 5.69 Å². The number of hydrogen-bond donors (Lipinski definition) is 2. The summed E-state index contributed by atoms with van der Waals surface area (Å²) in [5.74, 6) is -0.0476. The first-order chi connectivity index (χ1) is 8.16. The Hall–Kier alpha value is -2.58. The third-order valence-electron chi connectivity index (χ3n) is 1.99. The fraction of sp³-hybridized carbons (Fsp3) is 0.250. The molecular formula is C8H9N7O2. The highest BCUT2D eigenvalue weighted by Gasteiger charge is 2.09. The molecule has 0 spiro atoms. The zero-order valence-electron chi connectivity index (χ0n) is 8.91. The lowest BCUT2D eigenvalue weighted by Gasteiger charge is -2.02. The van der Waals surface area contributed by atoms with E-state index in [0.717, 1.165) is 4.68 Å². The first-order valence-corrected chi connectivity index (χ1v) is 4.71. The van der Waals surface area contributed by atoms with E-state index in [1.165, 1.54) is 19.2 Å². The Balaban J connectivity index is 2.04. The fourth-order valence-electron chi connectivity index (χ4n) is 1.13. The second-order valence-corrected chi connectivity index (χ2v) is 3.19. The van der Waals surface area contributed by atoms with Crippen LogP contribution in [0, 0.1) is 0 Å². The Morgan fingerprint density at radius 2 is 2.35 bits per heavy atom. The van der Waals surface area contributed by atoms with E-state index in [1.54, 1.807) is 0 Å². The topological polar surface area (TPSA) is 118 Å². The average molecular weight is 235 g/mol. The second kappa shape index (κ2) is 4.51. The third-order valence-corrected chi connectivity index (χ3v) is 1.99. The number of carbonyl (C=O) groups is 1. The molecule has 0 aliphatic heterocycles. The van der Waals surface area contributed by atoms with Gasteiger partial charge in [-0.05, 0) is 6.07 Å². The van der Waals surface area contributed by atoms with E-state index < -0.39 is 5.91 Å². The van der Waals surface area contributed by atoms with Gasteiger partial charge in [-0.25, -0.2) is 4.68 Å². The number of tetrazole rings is 1. The molecule has 2 N–H and O–H groups in total. The molecule has 9 heteroatoms. The quantitative estimate of drug-likeness (QED) is 0.649. The van der Waals surface area contributed by atoms with E-state index in [0.29, 0.717) is 5.82 Å². The molecule has 0 aliphatic rings. The van der Waals surface area contributed by atoms with Gasteiger partial charge in [0.25, 0.3) is 11.5 Å². The number of rotatable bonds is 3. The van der Waals surface area contributed by atoms with Crippen LogP contribution >= 0.6 is 0 Å². The van der Waals surface area contributed by atoms with Crippen LogP contribution in [0.5, 0.6) is 0 Å². The highest BCUT2D eigenvalue weighted by Crippen LogP contribution is 1.91. The smallest absolute Gasteiger partial charge is 0.272 e. The van der Waals surface area contributed by atoms with Crippen LogP contribution in [0.15, 0.2) is 16.9 Å². The number of carbonyl (C=O) groups excluding carboxylic acids is 1. The van der Waals surface area contributed by atoms with Gasteiger partial charge in [-0.2, -0.15) is 10.3 Å². The Morgan fingerprint density at radius 1 is 1.53 bits per heavy atom. The van der Waals surface area contributed by atoms with Gasteiger partial charge in [0, 0.05) is 13.1 Å². The summed E-state index contributed by atoms with van der Waals surface area (Å²) in [5, 5.41) is 19.3. The van der Waals surface area contributed by atoms with Crippen molar-refractivity contribution in [2.45, 2.75) is 6.54 Å².